The number of fused-ring (bicyclic) bond motifs is 1. The minimum atomic E-state index is -0.689. The Morgan fingerprint density at radius 1 is 0.952 bits per heavy atom. The lowest BCUT2D eigenvalue weighted by Crippen LogP contribution is -2.48. The zero-order chi connectivity index (χ0) is 15.0. The minimum absolute atomic E-state index is 0.0456. The second-order valence-electron chi connectivity index (χ2n) is 5.03. The highest BCUT2D eigenvalue weighted by atomic mass is 16.3. The molecule has 1 heterocycles. The van der Waals surface area contributed by atoms with Crippen LogP contribution in [0.4, 0.5) is 0 Å². The number of benzene rings is 1. The zero-order valence-electron chi connectivity index (χ0n) is 11.3. The van der Waals surface area contributed by atoms with E-state index in [1.807, 2.05) is 0 Å². The van der Waals surface area contributed by atoms with Crippen LogP contribution in [-0.2, 0) is 9.59 Å². The van der Waals surface area contributed by atoms with Crippen LogP contribution < -0.4 is 0 Å². The molecule has 0 saturated carbocycles. The molecule has 1 aliphatic carbocycles. The van der Waals surface area contributed by atoms with Crippen molar-refractivity contribution in [3.05, 3.63) is 41.1 Å². The Morgan fingerprint density at radius 2 is 1.57 bits per heavy atom. The molecule has 0 spiro atoms. The van der Waals surface area contributed by atoms with Crippen LogP contribution in [0.5, 0.6) is 0 Å². The van der Waals surface area contributed by atoms with E-state index in [-0.39, 0.29) is 17.0 Å². The van der Waals surface area contributed by atoms with Gasteiger partial charge in [-0.1, -0.05) is 24.3 Å². The maximum Gasteiger partial charge on any atom is 0.253 e. The van der Waals surface area contributed by atoms with Gasteiger partial charge in [-0.15, -0.1) is 0 Å². The van der Waals surface area contributed by atoms with Gasteiger partial charge in [-0.05, 0) is 0 Å². The maximum atomic E-state index is 12.3. The number of aliphatic hydroxyl groups excluding tert-OH is 1. The van der Waals surface area contributed by atoms with Crippen LogP contribution in [0.3, 0.4) is 0 Å². The van der Waals surface area contributed by atoms with Gasteiger partial charge in [0.1, 0.15) is 5.70 Å². The van der Waals surface area contributed by atoms with Gasteiger partial charge in [0.15, 0.2) is 5.76 Å². The molecule has 0 atom stereocenters. The topological polar surface area (TPSA) is 77.9 Å². The number of aliphatic hydroxyl groups is 1. The first-order valence-electron chi connectivity index (χ1n) is 6.69. The number of ketones is 2. The van der Waals surface area contributed by atoms with Crippen molar-refractivity contribution in [1.82, 2.24) is 9.80 Å². The molecule has 108 valence electrons. The van der Waals surface area contributed by atoms with Crippen molar-refractivity contribution >= 4 is 23.7 Å². The number of carbonyl (C=O) groups excluding carboxylic acids is 3. The maximum absolute atomic E-state index is 12.3. The molecule has 1 aliphatic heterocycles. The molecule has 1 N–H and O–H groups in total. The molecule has 0 radical (unpaired) electrons. The number of amides is 1. The van der Waals surface area contributed by atoms with Crippen LogP contribution in [0, 0.1) is 0 Å². The fourth-order valence-corrected chi connectivity index (χ4v) is 2.70. The molecule has 1 fully saturated rings. The Bertz CT molecular complexity index is 657. The molecule has 6 heteroatoms. The molecule has 0 bridgehead atoms. The number of piperazine rings is 1. The Balaban J connectivity index is 2.00. The Kier molecular flexibility index (Phi) is 3.21. The van der Waals surface area contributed by atoms with Crippen LogP contribution in [0.15, 0.2) is 30.0 Å². The van der Waals surface area contributed by atoms with E-state index in [0.29, 0.717) is 31.7 Å². The van der Waals surface area contributed by atoms with E-state index in [0.717, 1.165) is 6.41 Å². The molecular formula is C15H14N2O4. The average molecular weight is 286 g/mol. The van der Waals surface area contributed by atoms with Gasteiger partial charge in [0.25, 0.3) is 5.78 Å². The normalized spacial score (nSPS) is 18.9. The average Bonchev–Trinajstić information content (AvgIpc) is 2.53. The standard InChI is InChI=1S/C15H14N2O4/c18-9-16-5-7-17(8-6-16)12-13(19)10-3-1-2-4-11(10)14(20)15(12)21/h1-4,9,19H,5-8H2. The van der Waals surface area contributed by atoms with E-state index in [1.54, 1.807) is 28.0 Å². The van der Waals surface area contributed by atoms with E-state index >= 15 is 0 Å². The van der Waals surface area contributed by atoms with Gasteiger partial charge in [0.05, 0.1) is 0 Å². The summed E-state index contributed by atoms with van der Waals surface area (Å²) in [6.07, 6.45) is 0.759. The second-order valence-corrected chi connectivity index (χ2v) is 5.03. The number of hydrogen-bond donors (Lipinski definition) is 1. The van der Waals surface area contributed by atoms with Crippen molar-refractivity contribution in [2.75, 3.05) is 26.2 Å². The lowest BCUT2D eigenvalue weighted by atomic mass is 9.91. The third-order valence-corrected chi connectivity index (χ3v) is 3.85. The molecule has 3 rings (SSSR count). The van der Waals surface area contributed by atoms with Gasteiger partial charge in [-0.2, -0.15) is 0 Å². The lowest BCUT2D eigenvalue weighted by molar-refractivity contribution is -0.119. The summed E-state index contributed by atoms with van der Waals surface area (Å²) in [7, 11) is 0. The molecule has 2 aliphatic rings. The summed E-state index contributed by atoms with van der Waals surface area (Å²) in [5.74, 6) is -1.45. The predicted octanol–water partition coefficient (Wildman–Crippen LogP) is 0.453. The molecule has 21 heavy (non-hydrogen) atoms. The first-order valence-corrected chi connectivity index (χ1v) is 6.69. The Morgan fingerprint density at radius 3 is 2.19 bits per heavy atom. The van der Waals surface area contributed by atoms with Crippen LogP contribution >= 0.6 is 0 Å². The van der Waals surface area contributed by atoms with Gasteiger partial charge < -0.3 is 14.9 Å². The number of rotatable bonds is 2. The Labute approximate surface area is 121 Å². The second kappa shape index (κ2) is 5.05. The Hall–Kier alpha value is -2.63. The fraction of sp³-hybridized carbons (Fsp3) is 0.267. The van der Waals surface area contributed by atoms with E-state index in [2.05, 4.69) is 0 Å². The van der Waals surface area contributed by atoms with Crippen molar-refractivity contribution in [2.45, 2.75) is 0 Å². The summed E-state index contributed by atoms with van der Waals surface area (Å²) in [6.45, 7) is 1.76. The van der Waals surface area contributed by atoms with E-state index in [9.17, 15) is 19.5 Å². The van der Waals surface area contributed by atoms with Crippen LogP contribution in [0.2, 0.25) is 0 Å². The third kappa shape index (κ3) is 2.08. The zero-order valence-corrected chi connectivity index (χ0v) is 11.3. The van der Waals surface area contributed by atoms with Gasteiger partial charge in [0, 0.05) is 37.3 Å². The molecule has 0 unspecified atom stereocenters. The molecule has 1 aromatic carbocycles. The van der Waals surface area contributed by atoms with E-state index in [1.165, 1.54) is 6.07 Å². The predicted molar refractivity (Wildman–Crippen MR) is 74.5 cm³/mol. The highest BCUT2D eigenvalue weighted by Crippen LogP contribution is 2.29. The molecule has 1 amide bonds. The lowest BCUT2D eigenvalue weighted by Gasteiger charge is -2.36. The van der Waals surface area contributed by atoms with Crippen molar-refractivity contribution in [1.29, 1.82) is 0 Å². The molecule has 6 nitrogen and oxygen atoms in total. The third-order valence-electron chi connectivity index (χ3n) is 3.85. The summed E-state index contributed by atoms with van der Waals surface area (Å²) < 4.78 is 0. The molecule has 1 saturated heterocycles. The van der Waals surface area contributed by atoms with Gasteiger partial charge in [-0.3, -0.25) is 14.4 Å². The number of hydrogen-bond acceptors (Lipinski definition) is 5. The summed E-state index contributed by atoms with van der Waals surface area (Å²) in [5, 5.41) is 10.4. The van der Waals surface area contributed by atoms with Crippen LogP contribution in [0.1, 0.15) is 15.9 Å². The van der Waals surface area contributed by atoms with Gasteiger partial charge in [0.2, 0.25) is 12.2 Å². The first-order chi connectivity index (χ1) is 10.1. The molecule has 0 aromatic heterocycles. The largest absolute Gasteiger partial charge is 0.505 e. The van der Waals surface area contributed by atoms with Crippen molar-refractivity contribution in [3.8, 4) is 0 Å². The SMILES string of the molecule is O=CN1CCN(C2=C(O)c3ccccc3C(=O)C2=O)CC1. The van der Waals surface area contributed by atoms with E-state index < -0.39 is 11.6 Å². The summed E-state index contributed by atoms with van der Waals surface area (Å²) in [4.78, 5) is 38.4. The van der Waals surface area contributed by atoms with Crippen molar-refractivity contribution < 1.29 is 19.5 Å². The fourth-order valence-electron chi connectivity index (χ4n) is 2.70. The molecular weight excluding hydrogens is 272 g/mol. The van der Waals surface area contributed by atoms with Crippen LogP contribution in [0.25, 0.3) is 5.76 Å². The van der Waals surface area contributed by atoms with Crippen molar-refractivity contribution in [2.24, 2.45) is 0 Å². The summed E-state index contributed by atoms with van der Waals surface area (Å²) in [6, 6.07) is 6.52. The highest BCUT2D eigenvalue weighted by molar-refractivity contribution is 6.52. The number of Topliss-reactive ketones (excluding diaryl/α,β-unsaturated/α-hetero) is 2. The highest BCUT2D eigenvalue weighted by Gasteiger charge is 2.36. The monoisotopic (exact) mass is 286 g/mol. The number of nitrogens with zero attached hydrogens (tertiary/aromatic N) is 2. The summed E-state index contributed by atoms with van der Waals surface area (Å²) >= 11 is 0. The molecule has 1 aromatic rings. The minimum Gasteiger partial charge on any atom is -0.505 e. The van der Waals surface area contributed by atoms with Crippen molar-refractivity contribution in [3.63, 3.8) is 0 Å². The van der Waals surface area contributed by atoms with E-state index in [4.69, 9.17) is 0 Å². The number of allylic oxidation sites excluding steroid dienone is 1. The quantitative estimate of drug-likeness (QED) is 0.631. The first kappa shape index (κ1) is 13.4. The smallest absolute Gasteiger partial charge is 0.253 e. The van der Waals surface area contributed by atoms with Crippen LogP contribution in [-0.4, -0.2) is 59.1 Å². The summed E-state index contributed by atoms with van der Waals surface area (Å²) in [5.41, 5.74) is 0.662. The van der Waals surface area contributed by atoms with Gasteiger partial charge in [-0.25, -0.2) is 0 Å². The number of carbonyl (C=O) groups is 3. The van der Waals surface area contributed by atoms with Gasteiger partial charge >= 0.3 is 0 Å².